The van der Waals surface area contributed by atoms with Crippen LogP contribution in [0.3, 0.4) is 0 Å². The second kappa shape index (κ2) is 8.60. The number of nitrogens with zero attached hydrogens (tertiary/aromatic N) is 3. The van der Waals surface area contributed by atoms with Crippen molar-refractivity contribution >= 4 is 16.8 Å². The fourth-order valence-corrected chi connectivity index (χ4v) is 4.62. The van der Waals surface area contributed by atoms with Gasteiger partial charge in [-0.05, 0) is 61.4 Å². The van der Waals surface area contributed by atoms with E-state index in [9.17, 15) is 9.18 Å². The molecule has 0 spiro atoms. The number of hydrogen-bond donors (Lipinski definition) is 0. The molecule has 2 aromatic carbocycles. The Morgan fingerprint density at radius 3 is 2.53 bits per heavy atom. The van der Waals surface area contributed by atoms with Crippen LogP contribution in [-0.4, -0.2) is 54.0 Å². The van der Waals surface area contributed by atoms with Crippen LogP contribution in [0.2, 0.25) is 0 Å². The van der Waals surface area contributed by atoms with Gasteiger partial charge in [0, 0.05) is 56.5 Å². The summed E-state index contributed by atoms with van der Waals surface area (Å²) < 4.78 is 16.3. The molecule has 0 unspecified atom stereocenters. The van der Waals surface area contributed by atoms with Crippen LogP contribution in [0.4, 0.5) is 4.39 Å². The van der Waals surface area contributed by atoms with Gasteiger partial charge in [-0.25, -0.2) is 4.39 Å². The van der Waals surface area contributed by atoms with E-state index in [1.54, 1.807) is 25.1 Å². The molecule has 1 aliphatic heterocycles. The van der Waals surface area contributed by atoms with E-state index >= 15 is 0 Å². The molecular weight excluding hydrogens is 377 g/mol. The Kier molecular flexibility index (Phi) is 5.91. The summed E-state index contributed by atoms with van der Waals surface area (Å²) in [5, 5.41) is 1.18. The molecule has 1 aromatic heterocycles. The van der Waals surface area contributed by atoms with Gasteiger partial charge >= 0.3 is 0 Å². The molecule has 2 heterocycles. The summed E-state index contributed by atoms with van der Waals surface area (Å²) in [4.78, 5) is 16.5. The molecule has 0 saturated carbocycles. The zero-order chi connectivity index (χ0) is 21.3. The Morgan fingerprint density at radius 2 is 1.83 bits per heavy atom. The number of aromatic nitrogens is 1. The quantitative estimate of drug-likeness (QED) is 0.615. The minimum absolute atomic E-state index is 0.0327. The van der Waals surface area contributed by atoms with Gasteiger partial charge in [-0.2, -0.15) is 0 Å². The molecule has 158 valence electrons. The summed E-state index contributed by atoms with van der Waals surface area (Å²) in [6.45, 7) is 5.06. The maximum atomic E-state index is 13.9. The largest absolute Gasteiger partial charge is 0.345 e. The third kappa shape index (κ3) is 4.12. The van der Waals surface area contributed by atoms with Crippen molar-refractivity contribution in [1.29, 1.82) is 0 Å². The lowest BCUT2D eigenvalue weighted by atomic mass is 10.0. The molecule has 0 radical (unpaired) electrons. The van der Waals surface area contributed by atoms with Crippen LogP contribution in [0.25, 0.3) is 10.9 Å². The normalized spacial score (nSPS) is 15.6. The number of benzene rings is 2. The van der Waals surface area contributed by atoms with Crippen molar-refractivity contribution < 1.29 is 9.18 Å². The third-order valence-corrected chi connectivity index (χ3v) is 6.26. The molecular formula is C25H30FN3O. The summed E-state index contributed by atoms with van der Waals surface area (Å²) in [6.07, 6.45) is 2.88. The summed E-state index contributed by atoms with van der Waals surface area (Å²) in [5.74, 6) is -0.0739. The highest BCUT2D eigenvalue weighted by atomic mass is 19.1. The molecule has 1 saturated heterocycles. The van der Waals surface area contributed by atoms with E-state index < -0.39 is 0 Å². The predicted octanol–water partition coefficient (Wildman–Crippen LogP) is 4.67. The van der Waals surface area contributed by atoms with Crippen LogP contribution in [0, 0.1) is 12.7 Å². The van der Waals surface area contributed by atoms with E-state index in [0.717, 1.165) is 55.5 Å². The van der Waals surface area contributed by atoms with Gasteiger partial charge in [-0.3, -0.25) is 4.79 Å². The number of likely N-dealkylation sites (tertiary alicyclic amines) is 1. The van der Waals surface area contributed by atoms with Crippen molar-refractivity contribution in [1.82, 2.24) is 14.4 Å². The zero-order valence-corrected chi connectivity index (χ0v) is 18.1. The molecule has 0 N–H and O–H groups in total. The zero-order valence-electron chi connectivity index (χ0n) is 18.1. The number of carbonyl (C=O) groups is 1. The van der Waals surface area contributed by atoms with Crippen LogP contribution in [0.5, 0.6) is 0 Å². The van der Waals surface area contributed by atoms with E-state index in [0.29, 0.717) is 6.04 Å². The lowest BCUT2D eigenvalue weighted by molar-refractivity contribution is 0.0827. The summed E-state index contributed by atoms with van der Waals surface area (Å²) >= 11 is 0. The first-order valence-electron chi connectivity index (χ1n) is 10.7. The third-order valence-electron chi connectivity index (χ3n) is 6.26. The fourth-order valence-electron chi connectivity index (χ4n) is 4.62. The van der Waals surface area contributed by atoms with Crippen molar-refractivity contribution in [2.45, 2.75) is 32.2 Å². The summed E-state index contributed by atoms with van der Waals surface area (Å²) in [5.41, 5.74) is 3.91. The minimum Gasteiger partial charge on any atom is -0.345 e. The SMILES string of the molecule is Cc1cc2ccc(C(=O)N(C)C)cc2n1C1CCN(CCc2ccccc2F)CC1. The Labute approximate surface area is 177 Å². The number of rotatable bonds is 5. The Balaban J connectivity index is 1.46. The number of hydrogen-bond acceptors (Lipinski definition) is 2. The predicted molar refractivity (Wildman–Crippen MR) is 120 cm³/mol. The fraction of sp³-hybridized carbons (Fsp3) is 0.400. The minimum atomic E-state index is -0.107. The molecule has 1 aliphatic rings. The van der Waals surface area contributed by atoms with E-state index in [1.165, 1.54) is 17.1 Å². The van der Waals surface area contributed by atoms with Gasteiger partial charge in [0.05, 0.1) is 0 Å². The van der Waals surface area contributed by atoms with E-state index in [1.807, 2.05) is 24.3 Å². The highest BCUT2D eigenvalue weighted by Crippen LogP contribution is 2.31. The number of piperidine rings is 1. The first-order valence-corrected chi connectivity index (χ1v) is 10.7. The topological polar surface area (TPSA) is 28.5 Å². The van der Waals surface area contributed by atoms with Crippen molar-refractivity contribution in [2.75, 3.05) is 33.7 Å². The molecule has 3 aromatic rings. The monoisotopic (exact) mass is 407 g/mol. The van der Waals surface area contributed by atoms with E-state index in [-0.39, 0.29) is 11.7 Å². The van der Waals surface area contributed by atoms with Crippen molar-refractivity contribution in [3.05, 3.63) is 71.2 Å². The van der Waals surface area contributed by atoms with E-state index in [2.05, 4.69) is 28.5 Å². The molecule has 0 bridgehead atoms. The molecule has 1 amide bonds. The van der Waals surface area contributed by atoms with Crippen LogP contribution < -0.4 is 0 Å². The van der Waals surface area contributed by atoms with Crippen molar-refractivity contribution in [3.8, 4) is 0 Å². The second-order valence-corrected chi connectivity index (χ2v) is 8.54. The maximum Gasteiger partial charge on any atom is 0.253 e. The molecule has 30 heavy (non-hydrogen) atoms. The van der Waals surface area contributed by atoms with E-state index in [4.69, 9.17) is 0 Å². The number of fused-ring (bicyclic) bond motifs is 1. The smallest absolute Gasteiger partial charge is 0.253 e. The van der Waals surface area contributed by atoms with Gasteiger partial charge in [0.15, 0.2) is 0 Å². The van der Waals surface area contributed by atoms with Crippen LogP contribution in [-0.2, 0) is 6.42 Å². The van der Waals surface area contributed by atoms with Crippen LogP contribution in [0.15, 0.2) is 48.5 Å². The van der Waals surface area contributed by atoms with Gasteiger partial charge in [0.1, 0.15) is 5.82 Å². The molecule has 4 nitrogen and oxygen atoms in total. The average molecular weight is 408 g/mol. The van der Waals surface area contributed by atoms with Gasteiger partial charge in [-0.1, -0.05) is 24.3 Å². The number of amides is 1. The first-order chi connectivity index (χ1) is 14.4. The number of halogens is 1. The van der Waals surface area contributed by atoms with Crippen LogP contribution in [0.1, 0.15) is 40.5 Å². The van der Waals surface area contributed by atoms with Gasteiger partial charge < -0.3 is 14.4 Å². The highest BCUT2D eigenvalue weighted by molar-refractivity contribution is 5.98. The lowest BCUT2D eigenvalue weighted by Crippen LogP contribution is -2.36. The highest BCUT2D eigenvalue weighted by Gasteiger charge is 2.23. The Bertz CT molecular complexity index is 1050. The van der Waals surface area contributed by atoms with Crippen molar-refractivity contribution in [3.63, 3.8) is 0 Å². The molecule has 0 atom stereocenters. The molecule has 4 rings (SSSR count). The summed E-state index contributed by atoms with van der Waals surface area (Å²) in [6, 6.07) is 15.7. The molecule has 0 aliphatic carbocycles. The average Bonchev–Trinajstić information content (AvgIpc) is 3.08. The number of aryl methyl sites for hydroxylation is 1. The lowest BCUT2D eigenvalue weighted by Gasteiger charge is -2.34. The summed E-state index contributed by atoms with van der Waals surface area (Å²) in [7, 11) is 3.57. The van der Waals surface area contributed by atoms with Gasteiger partial charge in [-0.15, -0.1) is 0 Å². The van der Waals surface area contributed by atoms with Gasteiger partial charge in [0.2, 0.25) is 0 Å². The number of carbonyl (C=O) groups excluding carboxylic acids is 1. The first kappa shape index (κ1) is 20.6. The standard InChI is InChI=1S/C25H30FN3O/c1-18-16-20-8-9-21(25(30)27(2)3)17-24(20)29(18)22-11-14-28(15-12-22)13-10-19-6-4-5-7-23(19)26/h4-9,16-17,22H,10-15H2,1-3H3. The Hall–Kier alpha value is -2.66. The van der Waals surface area contributed by atoms with Crippen LogP contribution >= 0.6 is 0 Å². The van der Waals surface area contributed by atoms with Gasteiger partial charge in [0.25, 0.3) is 5.91 Å². The maximum absolute atomic E-state index is 13.9. The second-order valence-electron chi connectivity index (χ2n) is 8.54. The van der Waals surface area contributed by atoms with Crippen molar-refractivity contribution in [2.24, 2.45) is 0 Å². The Morgan fingerprint density at radius 1 is 1.10 bits per heavy atom. The molecule has 1 fully saturated rings. The molecule has 5 heteroatoms.